The van der Waals surface area contributed by atoms with Gasteiger partial charge in [-0.3, -0.25) is 0 Å². The van der Waals surface area contributed by atoms with Crippen molar-refractivity contribution in [2.45, 2.75) is 4.90 Å². The Labute approximate surface area is 140 Å². The van der Waals surface area contributed by atoms with Crippen molar-refractivity contribution in [3.05, 3.63) is 54.9 Å². The summed E-state index contributed by atoms with van der Waals surface area (Å²) >= 11 is 1.65. The van der Waals surface area contributed by atoms with Gasteiger partial charge in [-0.15, -0.1) is 0 Å². The van der Waals surface area contributed by atoms with E-state index in [1.165, 1.54) is 3.97 Å². The molecule has 0 atom stereocenters. The van der Waals surface area contributed by atoms with Crippen LogP contribution >= 0.6 is 0 Å². The third-order valence-corrected chi connectivity index (χ3v) is 5.23. The van der Waals surface area contributed by atoms with Crippen LogP contribution in [0.15, 0.2) is 59.8 Å². The van der Waals surface area contributed by atoms with E-state index in [0.717, 1.165) is 9.21 Å². The molecule has 7 heteroatoms. The topological polar surface area (TPSA) is 52.0 Å². The van der Waals surface area contributed by atoms with Crippen LogP contribution in [0.2, 0.25) is 0 Å². The zero-order valence-electron chi connectivity index (χ0n) is 10.4. The average Bonchev–Trinajstić information content (AvgIpc) is 2.86. The molecule has 4 nitrogen and oxygen atoms in total. The molecule has 98 valence electrons. The number of fused-ring (bicyclic) bond motifs is 1. The number of benzene rings is 1. The van der Waals surface area contributed by atoms with Gasteiger partial charge in [-0.25, -0.2) is 0 Å². The first-order chi connectivity index (χ1) is 9.10. The van der Waals surface area contributed by atoms with E-state index in [2.05, 4.69) is 4.98 Å². The molecule has 0 bridgehead atoms. The van der Waals surface area contributed by atoms with Crippen molar-refractivity contribution in [2.75, 3.05) is 0 Å². The molecular formula is C13H9BrMgN2O2S. The van der Waals surface area contributed by atoms with Gasteiger partial charge in [0.2, 0.25) is 0 Å². The van der Waals surface area contributed by atoms with Crippen molar-refractivity contribution in [3.8, 4) is 0 Å². The molecule has 0 N–H and O–H groups in total. The van der Waals surface area contributed by atoms with E-state index < -0.39 is 10.0 Å². The molecule has 0 aliphatic carbocycles. The Hall–Kier alpha value is -0.894. The number of aromatic nitrogens is 2. The molecule has 0 aliphatic rings. The maximum atomic E-state index is 12.6. The number of pyridine rings is 1. The Morgan fingerprint density at radius 1 is 1.05 bits per heavy atom. The summed E-state index contributed by atoms with van der Waals surface area (Å²) in [6, 6.07) is 11.9. The number of rotatable bonds is 2. The van der Waals surface area contributed by atoms with Gasteiger partial charge in [0, 0.05) is 0 Å². The Balaban J connectivity index is 0.00000147. The predicted molar refractivity (Wildman–Crippen MR) is 74.1 cm³/mol. The normalized spacial score (nSPS) is 11.3. The second-order valence-corrected chi connectivity index (χ2v) is 6.60. The average molecular weight is 362 g/mol. The van der Waals surface area contributed by atoms with Gasteiger partial charge < -0.3 is 17.0 Å². The Bertz CT molecular complexity index is 847. The molecule has 0 saturated heterocycles. The summed E-state index contributed by atoms with van der Waals surface area (Å²) in [5.74, 6) is 0. The van der Waals surface area contributed by atoms with Crippen LogP contribution in [0.1, 0.15) is 0 Å². The molecule has 2 aromatic heterocycles. The Kier molecular flexibility index (Phi) is 4.53. The summed E-state index contributed by atoms with van der Waals surface area (Å²) in [4.78, 5) is 4.46. The maximum absolute atomic E-state index is 12.6. The van der Waals surface area contributed by atoms with Crippen molar-refractivity contribution in [1.29, 1.82) is 0 Å². The minimum Gasteiger partial charge on any atom is -1.00 e. The van der Waals surface area contributed by atoms with E-state index in [-0.39, 0.29) is 21.9 Å². The van der Waals surface area contributed by atoms with Gasteiger partial charge in [-0.05, 0) is 0 Å². The summed E-state index contributed by atoms with van der Waals surface area (Å²) in [6.07, 6.45) is 3.20. The molecule has 2 heterocycles. The predicted octanol–water partition coefficient (Wildman–Crippen LogP) is -1.93. The van der Waals surface area contributed by atoms with Gasteiger partial charge in [-0.1, -0.05) is 0 Å². The van der Waals surface area contributed by atoms with Crippen LogP contribution in [0.5, 0.6) is 0 Å². The number of nitrogens with zero attached hydrogens (tertiary/aromatic N) is 2. The molecule has 0 radical (unpaired) electrons. The largest absolute Gasteiger partial charge is 1.00 e. The Morgan fingerprint density at radius 3 is 2.45 bits per heavy atom. The van der Waals surface area contributed by atoms with Crippen molar-refractivity contribution < 1.29 is 25.4 Å². The van der Waals surface area contributed by atoms with E-state index in [0.29, 0.717) is 5.52 Å². The molecule has 20 heavy (non-hydrogen) atoms. The maximum Gasteiger partial charge on any atom is -1.00 e. The fourth-order valence-corrected chi connectivity index (χ4v) is 3.79. The van der Waals surface area contributed by atoms with Gasteiger partial charge in [0.1, 0.15) is 0 Å². The first-order valence-electron chi connectivity index (χ1n) is 5.69. The Morgan fingerprint density at radius 2 is 1.75 bits per heavy atom. The van der Waals surface area contributed by atoms with Crippen LogP contribution in [-0.4, -0.2) is 39.1 Å². The molecule has 0 fully saturated rings. The molecule has 0 amide bonds. The fraction of sp³-hybridized carbons (Fsp3) is 0. The SMILES string of the molecule is O=S(=O)(c1ccccc1)n1ccc2[c]([Mg+])nccc21.[Br-]. The van der Waals surface area contributed by atoms with Crippen molar-refractivity contribution in [3.63, 3.8) is 0 Å². The van der Waals surface area contributed by atoms with Gasteiger partial charge in [-0.2, -0.15) is 0 Å². The smallest absolute Gasteiger partial charge is 1.00 e. The molecule has 1 aromatic carbocycles. The van der Waals surface area contributed by atoms with E-state index in [4.69, 9.17) is 0 Å². The second-order valence-electron chi connectivity index (χ2n) is 4.12. The molecule has 0 aliphatic heterocycles. The fourth-order valence-electron chi connectivity index (χ4n) is 2.02. The van der Waals surface area contributed by atoms with Crippen LogP contribution in [0.4, 0.5) is 0 Å². The monoisotopic (exact) mass is 360 g/mol. The van der Waals surface area contributed by atoms with E-state index in [1.54, 1.807) is 76.6 Å². The summed E-state index contributed by atoms with van der Waals surface area (Å²) in [6.45, 7) is 0. The summed E-state index contributed by atoms with van der Waals surface area (Å²) < 4.78 is 27.3. The first-order valence-corrected chi connectivity index (χ1v) is 7.84. The van der Waals surface area contributed by atoms with Crippen LogP contribution < -0.4 is 20.8 Å². The summed E-state index contributed by atoms with van der Waals surface area (Å²) in [5, 5.41) is 0.861. The molecule has 3 aromatic rings. The molecular weight excluding hydrogens is 352 g/mol. The number of hydrogen-bond donors (Lipinski definition) is 0. The quantitative estimate of drug-likeness (QED) is 0.500. The van der Waals surface area contributed by atoms with E-state index in [9.17, 15) is 8.42 Å². The van der Waals surface area contributed by atoms with Gasteiger partial charge in [0.05, 0.1) is 0 Å². The summed E-state index contributed by atoms with van der Waals surface area (Å²) in [7, 11) is -3.55. The van der Waals surface area contributed by atoms with Crippen LogP contribution in [-0.2, 0) is 10.0 Å². The first kappa shape index (κ1) is 15.5. The number of hydrogen-bond acceptors (Lipinski definition) is 3. The third-order valence-electron chi connectivity index (χ3n) is 2.96. The van der Waals surface area contributed by atoms with Gasteiger partial charge in [0.25, 0.3) is 0 Å². The van der Waals surface area contributed by atoms with Crippen molar-refractivity contribution in [1.82, 2.24) is 8.96 Å². The standard InChI is InChI=1S/C13H9N2O2S.BrH.Mg/c16-18(17,12-4-2-1-3-5-12)15-9-7-11-10-14-8-6-13(11)15;;/h1-9H;1H;/q;;+1/p-1. The van der Waals surface area contributed by atoms with Crippen molar-refractivity contribution >= 4 is 46.5 Å². The summed E-state index contributed by atoms with van der Waals surface area (Å²) in [5.41, 5.74) is 0.656. The second kappa shape index (κ2) is 5.85. The van der Waals surface area contributed by atoms with Crippen LogP contribution in [0, 0.1) is 0 Å². The zero-order valence-corrected chi connectivity index (χ0v) is 14.2. The minimum absolute atomic E-state index is 0. The van der Waals surface area contributed by atoms with E-state index >= 15 is 0 Å². The van der Waals surface area contributed by atoms with Crippen LogP contribution in [0.25, 0.3) is 10.9 Å². The van der Waals surface area contributed by atoms with Crippen molar-refractivity contribution in [2.24, 2.45) is 0 Å². The van der Waals surface area contributed by atoms with Gasteiger partial charge in [0.15, 0.2) is 0 Å². The minimum atomic E-state index is -3.55. The van der Waals surface area contributed by atoms with Crippen LogP contribution in [0.3, 0.4) is 0 Å². The zero-order chi connectivity index (χ0) is 13.5. The number of halogens is 1. The van der Waals surface area contributed by atoms with Gasteiger partial charge >= 0.3 is 124 Å². The molecule has 3 rings (SSSR count). The van der Waals surface area contributed by atoms with E-state index in [1.807, 2.05) is 0 Å². The third kappa shape index (κ3) is 2.50. The molecule has 0 spiro atoms. The molecule has 0 unspecified atom stereocenters. The molecule has 0 saturated carbocycles.